The summed E-state index contributed by atoms with van der Waals surface area (Å²) in [7, 11) is 0. The van der Waals surface area contributed by atoms with Gasteiger partial charge in [0.15, 0.2) is 0 Å². The van der Waals surface area contributed by atoms with Crippen LogP contribution in [-0.2, 0) is 9.59 Å². The van der Waals surface area contributed by atoms with E-state index in [-0.39, 0.29) is 24.3 Å². The lowest BCUT2D eigenvalue weighted by Gasteiger charge is -2.38. The molecule has 1 saturated heterocycles. The monoisotopic (exact) mass is 476 g/mol. The Balaban J connectivity index is 1.38. The van der Waals surface area contributed by atoms with Crippen molar-refractivity contribution in [2.75, 3.05) is 38.0 Å². The first kappa shape index (κ1) is 24.6. The molecule has 0 spiro atoms. The maximum Gasteiger partial charge on any atom is 0.262 e. The maximum atomic E-state index is 13.5. The van der Waals surface area contributed by atoms with Gasteiger partial charge in [-0.25, -0.2) is 0 Å². The zero-order valence-electron chi connectivity index (χ0n) is 20.7. The molecule has 0 bridgehead atoms. The molecule has 4 rings (SSSR count). The lowest BCUT2D eigenvalue weighted by molar-refractivity contribution is -0.138. The predicted molar refractivity (Wildman–Crippen MR) is 133 cm³/mol. The average molecular weight is 477 g/mol. The number of nitrogens with one attached hydrogen (secondary N) is 1. The van der Waals surface area contributed by atoms with Crippen LogP contribution in [0.4, 0.5) is 5.69 Å². The number of para-hydroxylation sites is 1. The van der Waals surface area contributed by atoms with Crippen LogP contribution < -0.4 is 5.32 Å². The summed E-state index contributed by atoms with van der Waals surface area (Å²) >= 11 is 0. The molecule has 184 valence electrons. The average Bonchev–Trinajstić information content (AvgIpc) is 3.07. The minimum absolute atomic E-state index is 0.0896. The van der Waals surface area contributed by atoms with Gasteiger partial charge in [-0.1, -0.05) is 44.2 Å². The maximum absolute atomic E-state index is 13.5. The first-order chi connectivity index (χ1) is 16.7. The predicted octanol–water partition coefficient (Wildman–Crippen LogP) is 2.71. The van der Waals surface area contributed by atoms with Crippen LogP contribution in [0.15, 0.2) is 42.5 Å². The molecule has 1 unspecified atom stereocenters. The number of rotatable bonds is 6. The number of hydrogen-bond donors (Lipinski definition) is 1. The second kappa shape index (κ2) is 10.00. The SMILES string of the molecule is Cc1cccc(C)c1NC(=O)CN1CCN(C(=O)C(C(C)C)N2C(=O)c3ccccc3C2=O)CC1. The zero-order chi connectivity index (χ0) is 25.3. The summed E-state index contributed by atoms with van der Waals surface area (Å²) < 4.78 is 0. The Morgan fingerprint density at radius 1 is 0.857 bits per heavy atom. The van der Waals surface area contributed by atoms with Crippen LogP contribution in [0.5, 0.6) is 0 Å². The second-order valence-corrected chi connectivity index (χ2v) is 9.63. The van der Waals surface area contributed by atoms with E-state index in [2.05, 4.69) is 5.32 Å². The van der Waals surface area contributed by atoms with Gasteiger partial charge in [0, 0.05) is 31.9 Å². The van der Waals surface area contributed by atoms with E-state index in [1.807, 2.05) is 50.8 Å². The van der Waals surface area contributed by atoms with Crippen LogP contribution in [0.2, 0.25) is 0 Å². The molecule has 1 atom stereocenters. The molecule has 2 heterocycles. The molecule has 2 aromatic rings. The second-order valence-electron chi connectivity index (χ2n) is 9.63. The fraction of sp³-hybridized carbons (Fsp3) is 0.407. The number of nitrogens with zero attached hydrogens (tertiary/aromatic N) is 3. The van der Waals surface area contributed by atoms with Crippen molar-refractivity contribution >= 4 is 29.3 Å². The molecule has 1 N–H and O–H groups in total. The van der Waals surface area contributed by atoms with Crippen molar-refractivity contribution in [3.63, 3.8) is 0 Å². The van der Waals surface area contributed by atoms with Gasteiger partial charge >= 0.3 is 0 Å². The fourth-order valence-corrected chi connectivity index (χ4v) is 4.86. The van der Waals surface area contributed by atoms with Crippen molar-refractivity contribution < 1.29 is 19.2 Å². The number of carbonyl (C=O) groups is 4. The summed E-state index contributed by atoms with van der Waals surface area (Å²) in [5, 5.41) is 3.01. The zero-order valence-corrected chi connectivity index (χ0v) is 20.7. The molecule has 35 heavy (non-hydrogen) atoms. The molecular weight excluding hydrogens is 444 g/mol. The molecule has 4 amide bonds. The summed E-state index contributed by atoms with van der Waals surface area (Å²) in [5.74, 6) is -1.38. The van der Waals surface area contributed by atoms with E-state index in [0.29, 0.717) is 37.3 Å². The van der Waals surface area contributed by atoms with Crippen LogP contribution in [-0.4, -0.2) is 77.1 Å². The normalized spacial score (nSPS) is 17.1. The smallest absolute Gasteiger partial charge is 0.262 e. The molecule has 8 heteroatoms. The van der Waals surface area contributed by atoms with E-state index in [0.717, 1.165) is 21.7 Å². The third kappa shape index (κ3) is 4.84. The molecule has 0 aliphatic carbocycles. The van der Waals surface area contributed by atoms with Gasteiger partial charge in [0.2, 0.25) is 11.8 Å². The van der Waals surface area contributed by atoms with Crippen LogP contribution in [0.1, 0.15) is 45.7 Å². The number of amides is 4. The number of anilines is 1. The van der Waals surface area contributed by atoms with E-state index in [1.165, 1.54) is 0 Å². The number of imide groups is 1. The highest BCUT2D eigenvalue weighted by atomic mass is 16.2. The highest BCUT2D eigenvalue weighted by molar-refractivity contribution is 6.22. The van der Waals surface area contributed by atoms with Gasteiger partial charge in [-0.2, -0.15) is 0 Å². The van der Waals surface area contributed by atoms with Crippen LogP contribution in [0.3, 0.4) is 0 Å². The van der Waals surface area contributed by atoms with Gasteiger partial charge in [0.25, 0.3) is 11.8 Å². The van der Waals surface area contributed by atoms with Gasteiger partial charge in [-0.15, -0.1) is 0 Å². The Hall–Kier alpha value is -3.52. The largest absolute Gasteiger partial charge is 0.338 e. The molecule has 0 radical (unpaired) electrons. The molecule has 8 nitrogen and oxygen atoms in total. The molecule has 2 aliphatic heterocycles. The fourth-order valence-electron chi connectivity index (χ4n) is 4.86. The Labute approximate surface area is 205 Å². The van der Waals surface area contributed by atoms with Gasteiger partial charge in [0.05, 0.1) is 17.7 Å². The van der Waals surface area contributed by atoms with E-state index < -0.39 is 17.9 Å². The summed E-state index contributed by atoms with van der Waals surface area (Å²) in [6.45, 7) is 9.81. The quantitative estimate of drug-likeness (QED) is 0.648. The number of benzene rings is 2. The third-order valence-electron chi connectivity index (χ3n) is 6.78. The van der Waals surface area contributed by atoms with Gasteiger partial charge in [0.1, 0.15) is 6.04 Å². The molecule has 2 aromatic carbocycles. The van der Waals surface area contributed by atoms with E-state index in [1.54, 1.807) is 29.2 Å². The van der Waals surface area contributed by atoms with Crippen molar-refractivity contribution in [2.24, 2.45) is 5.92 Å². The standard InChI is InChI=1S/C27H32N4O4/c1-17(2)24(31-25(33)20-10-5-6-11-21(20)26(31)34)27(35)30-14-12-29(13-15-30)16-22(32)28-23-18(3)8-7-9-19(23)4/h5-11,17,24H,12-16H2,1-4H3,(H,28,32). The van der Waals surface area contributed by atoms with E-state index in [4.69, 9.17) is 0 Å². The van der Waals surface area contributed by atoms with E-state index >= 15 is 0 Å². The number of hydrogen-bond acceptors (Lipinski definition) is 5. The molecule has 2 aliphatic rings. The Morgan fingerprint density at radius 2 is 1.40 bits per heavy atom. The summed E-state index contributed by atoms with van der Waals surface area (Å²) in [4.78, 5) is 57.0. The molecular formula is C27H32N4O4. The Kier molecular flexibility index (Phi) is 7.03. The molecule has 0 aromatic heterocycles. The first-order valence-electron chi connectivity index (χ1n) is 12.0. The lowest BCUT2D eigenvalue weighted by Crippen LogP contribution is -2.58. The van der Waals surface area contributed by atoms with Crippen molar-refractivity contribution in [3.8, 4) is 0 Å². The minimum atomic E-state index is -0.860. The summed E-state index contributed by atoms with van der Waals surface area (Å²) in [6.07, 6.45) is 0. The highest BCUT2D eigenvalue weighted by Crippen LogP contribution is 2.28. The summed E-state index contributed by atoms with van der Waals surface area (Å²) in [6, 6.07) is 11.7. The highest BCUT2D eigenvalue weighted by Gasteiger charge is 2.45. The molecule has 1 fully saturated rings. The van der Waals surface area contributed by atoms with Gasteiger partial charge in [-0.05, 0) is 43.0 Å². The van der Waals surface area contributed by atoms with Crippen LogP contribution in [0.25, 0.3) is 0 Å². The molecule has 0 saturated carbocycles. The van der Waals surface area contributed by atoms with E-state index in [9.17, 15) is 19.2 Å². The van der Waals surface area contributed by atoms with Gasteiger partial charge in [-0.3, -0.25) is 29.0 Å². The van der Waals surface area contributed by atoms with Crippen molar-refractivity contribution in [2.45, 2.75) is 33.7 Å². The topological polar surface area (TPSA) is 90.0 Å². The Morgan fingerprint density at radius 3 is 1.91 bits per heavy atom. The number of piperazine rings is 1. The lowest BCUT2D eigenvalue weighted by atomic mass is 10.0. The third-order valence-corrected chi connectivity index (χ3v) is 6.78. The van der Waals surface area contributed by atoms with Gasteiger partial charge < -0.3 is 10.2 Å². The first-order valence-corrected chi connectivity index (χ1v) is 12.0. The minimum Gasteiger partial charge on any atom is -0.338 e. The number of fused-ring (bicyclic) bond motifs is 1. The van der Waals surface area contributed by atoms with Crippen molar-refractivity contribution in [3.05, 3.63) is 64.7 Å². The summed E-state index contributed by atoms with van der Waals surface area (Å²) in [5.41, 5.74) is 3.56. The van der Waals surface area contributed by atoms with Crippen LogP contribution >= 0.6 is 0 Å². The number of carbonyl (C=O) groups excluding carboxylic acids is 4. The Bertz CT molecular complexity index is 1110. The van der Waals surface area contributed by atoms with Crippen LogP contribution in [0, 0.1) is 19.8 Å². The van der Waals surface area contributed by atoms with Crippen molar-refractivity contribution in [1.82, 2.24) is 14.7 Å². The number of aryl methyl sites for hydroxylation is 2. The van der Waals surface area contributed by atoms with Crippen molar-refractivity contribution in [1.29, 1.82) is 0 Å².